The number of oxime groups is 1. The zero-order valence-corrected chi connectivity index (χ0v) is 28.8. The molecule has 300 valence electrons. The molecule has 2 atom stereocenters. The standard InChI is InChI=1S/C17H14F3N5O3.C17H13F3N4O3.H3NO/c18-17(19,20)16-13(14(26)8-25-10-21-9-22-25)5-6-15(24-16)28-12-3-1-11(2-4-12)7-23-27;18-17(19,20)16-13(14(26)7-24-10-21-9-22-24)5-6-15(23-16)27-12-3-1-11(8-25)2-4-12;1-2/h1-7,9-10,14,26-27H,8H2;1-6,8-10,14,26H,7H2;2H,1H2. The Balaban J connectivity index is 0.000000242. The summed E-state index contributed by atoms with van der Waals surface area (Å²) in [6.07, 6.45) is -5.75. The number of hydrogen-bond acceptors (Lipinski definition) is 15. The topological polar surface area (TPSA) is 242 Å². The van der Waals surface area contributed by atoms with E-state index in [-0.39, 0.29) is 36.3 Å². The molecule has 0 saturated carbocycles. The van der Waals surface area contributed by atoms with Crippen LogP contribution in [0.5, 0.6) is 23.3 Å². The molecule has 2 aromatic carbocycles. The van der Waals surface area contributed by atoms with Crippen molar-refractivity contribution in [3.63, 3.8) is 0 Å². The fraction of sp³-hybridized carbons (Fsp3) is 0.176. The van der Waals surface area contributed by atoms with Crippen molar-refractivity contribution >= 4 is 12.5 Å². The van der Waals surface area contributed by atoms with Gasteiger partial charge in [-0.25, -0.2) is 25.8 Å². The molecule has 23 heteroatoms. The lowest BCUT2D eigenvalue weighted by atomic mass is 10.1. The first kappa shape index (κ1) is 42.9. The molecule has 4 aromatic heterocycles. The van der Waals surface area contributed by atoms with E-state index in [0.717, 1.165) is 12.1 Å². The van der Waals surface area contributed by atoms with Crippen LogP contribution in [0.4, 0.5) is 26.3 Å². The van der Waals surface area contributed by atoms with Crippen LogP contribution in [-0.2, 0) is 25.4 Å². The van der Waals surface area contributed by atoms with Crippen LogP contribution in [0.25, 0.3) is 0 Å². The number of nitrogens with zero attached hydrogens (tertiary/aromatic N) is 9. The zero-order chi connectivity index (χ0) is 41.6. The van der Waals surface area contributed by atoms with Crippen LogP contribution < -0.4 is 15.4 Å². The number of aldehydes is 1. The van der Waals surface area contributed by atoms with E-state index in [1.807, 2.05) is 0 Å². The second-order valence-electron chi connectivity index (χ2n) is 11.1. The lowest BCUT2D eigenvalue weighted by Gasteiger charge is -2.17. The predicted octanol–water partition coefficient (Wildman–Crippen LogP) is 5.39. The Morgan fingerprint density at radius 3 is 1.40 bits per heavy atom. The number of nitrogens with two attached hydrogens (primary N) is 1. The number of aromatic nitrogens is 8. The molecule has 4 heterocycles. The Hall–Kier alpha value is -6.82. The van der Waals surface area contributed by atoms with Crippen LogP contribution in [0.3, 0.4) is 0 Å². The van der Waals surface area contributed by atoms with Crippen molar-refractivity contribution in [2.45, 2.75) is 37.7 Å². The molecular weight excluding hydrogens is 774 g/mol. The minimum atomic E-state index is -4.79. The van der Waals surface area contributed by atoms with Gasteiger partial charge in [-0.05, 0) is 66.2 Å². The Labute approximate surface area is 316 Å². The van der Waals surface area contributed by atoms with Crippen LogP contribution in [0.1, 0.15) is 50.6 Å². The normalized spacial score (nSPS) is 12.5. The second kappa shape index (κ2) is 19.7. The average Bonchev–Trinajstić information content (AvgIpc) is 3.91. The number of benzene rings is 2. The number of ether oxygens (including phenoxy) is 2. The van der Waals surface area contributed by atoms with Gasteiger partial charge in [0.2, 0.25) is 11.8 Å². The summed E-state index contributed by atoms with van der Waals surface area (Å²) >= 11 is 0. The molecule has 0 saturated heterocycles. The first-order valence-corrected chi connectivity index (χ1v) is 15.8. The van der Waals surface area contributed by atoms with E-state index in [1.54, 1.807) is 12.1 Å². The van der Waals surface area contributed by atoms with Crippen molar-refractivity contribution in [1.29, 1.82) is 0 Å². The Kier molecular flexibility index (Phi) is 14.8. The average molecular weight is 805 g/mol. The summed E-state index contributed by atoms with van der Waals surface area (Å²) in [5.41, 5.74) is -2.33. The third-order valence-electron chi connectivity index (χ3n) is 7.26. The Morgan fingerprint density at radius 1 is 0.667 bits per heavy atom. The summed E-state index contributed by atoms with van der Waals surface area (Å²) in [6, 6.07) is 16.5. The van der Waals surface area contributed by atoms with E-state index in [0.29, 0.717) is 17.4 Å². The maximum Gasteiger partial charge on any atom is 0.433 e. The van der Waals surface area contributed by atoms with E-state index < -0.39 is 47.1 Å². The van der Waals surface area contributed by atoms with E-state index in [9.17, 15) is 41.4 Å². The second-order valence-corrected chi connectivity index (χ2v) is 11.1. The Bertz CT molecular complexity index is 2170. The zero-order valence-electron chi connectivity index (χ0n) is 28.8. The molecule has 0 aliphatic rings. The van der Waals surface area contributed by atoms with E-state index >= 15 is 0 Å². The number of alkyl halides is 6. The Morgan fingerprint density at radius 2 is 1.07 bits per heavy atom. The number of carbonyl (C=O) groups excluding carboxylic acids is 1. The third-order valence-corrected chi connectivity index (χ3v) is 7.26. The molecule has 0 bridgehead atoms. The van der Waals surface area contributed by atoms with Gasteiger partial charge in [-0.2, -0.15) is 36.5 Å². The van der Waals surface area contributed by atoms with Gasteiger partial charge in [-0.1, -0.05) is 5.16 Å². The van der Waals surface area contributed by atoms with Crippen LogP contribution in [-0.4, -0.2) is 72.6 Å². The highest BCUT2D eigenvalue weighted by Gasteiger charge is 2.39. The largest absolute Gasteiger partial charge is 0.439 e. The fourth-order valence-electron chi connectivity index (χ4n) is 4.76. The number of aliphatic hydroxyl groups excluding tert-OH is 2. The predicted molar refractivity (Wildman–Crippen MR) is 182 cm³/mol. The van der Waals surface area contributed by atoms with Crippen LogP contribution >= 0.6 is 0 Å². The molecular formula is C34H30F6N10O7. The molecule has 0 aliphatic heterocycles. The van der Waals surface area contributed by atoms with E-state index in [2.05, 4.69) is 41.2 Å². The molecule has 0 radical (unpaired) electrons. The lowest BCUT2D eigenvalue weighted by molar-refractivity contribution is -0.143. The summed E-state index contributed by atoms with van der Waals surface area (Å²) in [7, 11) is 0. The first-order valence-electron chi connectivity index (χ1n) is 15.8. The molecule has 0 fully saturated rings. The fourth-order valence-corrected chi connectivity index (χ4v) is 4.76. The first-order chi connectivity index (χ1) is 27.2. The van der Waals surface area contributed by atoms with Crippen molar-refractivity contribution in [1.82, 2.24) is 39.5 Å². The van der Waals surface area contributed by atoms with Gasteiger partial charge in [-0.3, -0.25) is 14.2 Å². The number of pyridine rings is 2. The van der Waals surface area contributed by atoms with E-state index in [4.69, 9.17) is 19.9 Å². The minimum absolute atomic E-state index is 0.209. The van der Waals surface area contributed by atoms with Gasteiger partial charge in [-0.15, -0.1) is 0 Å². The molecule has 6 N–H and O–H groups in total. The van der Waals surface area contributed by atoms with Crippen molar-refractivity contribution < 1.29 is 61.2 Å². The smallest absolute Gasteiger partial charge is 0.433 e. The summed E-state index contributed by atoms with van der Waals surface area (Å²) in [4.78, 5) is 25.0. The summed E-state index contributed by atoms with van der Waals surface area (Å²) < 4.78 is 93.6. The van der Waals surface area contributed by atoms with Gasteiger partial charge in [0.05, 0.1) is 19.3 Å². The van der Waals surface area contributed by atoms with Gasteiger partial charge in [0.1, 0.15) is 55.3 Å². The van der Waals surface area contributed by atoms with Gasteiger partial charge in [0.25, 0.3) is 0 Å². The van der Waals surface area contributed by atoms with Gasteiger partial charge < -0.3 is 30.1 Å². The van der Waals surface area contributed by atoms with Crippen molar-refractivity contribution in [2.24, 2.45) is 11.1 Å². The maximum atomic E-state index is 13.4. The number of halogens is 6. The van der Waals surface area contributed by atoms with Crippen LogP contribution in [0.15, 0.2) is 103 Å². The molecule has 6 aromatic rings. The third kappa shape index (κ3) is 12.3. The molecule has 0 amide bonds. The minimum Gasteiger partial charge on any atom is -0.439 e. The molecule has 0 aliphatic carbocycles. The summed E-state index contributed by atoms with van der Waals surface area (Å²) in [6.45, 7) is -0.420. The quantitative estimate of drug-likeness (QED) is 0.0343. The molecule has 0 spiro atoms. The number of hydrogen-bond donors (Lipinski definition) is 5. The van der Waals surface area contributed by atoms with Gasteiger partial charge >= 0.3 is 12.4 Å². The van der Waals surface area contributed by atoms with Gasteiger partial charge in [0.15, 0.2) is 11.4 Å². The number of aliphatic hydroxyl groups is 2. The van der Waals surface area contributed by atoms with Crippen molar-refractivity contribution in [2.75, 3.05) is 0 Å². The summed E-state index contributed by atoms with van der Waals surface area (Å²) in [5.74, 6) is 3.38. The summed E-state index contributed by atoms with van der Waals surface area (Å²) in [5, 5.41) is 45.7. The number of rotatable bonds is 12. The molecule has 57 heavy (non-hydrogen) atoms. The molecule has 6 rings (SSSR count). The molecule has 2 unspecified atom stereocenters. The van der Waals surface area contributed by atoms with Gasteiger partial charge in [0, 0.05) is 28.8 Å². The van der Waals surface area contributed by atoms with E-state index in [1.165, 1.54) is 89.4 Å². The lowest BCUT2D eigenvalue weighted by Crippen LogP contribution is -2.18. The SMILES string of the molecule is NO.O=Cc1ccc(Oc2ccc(C(O)Cn3cncn3)c(C(F)(F)F)n2)cc1.ON=Cc1ccc(Oc2ccc(C(O)Cn3cncn3)c(C(F)(F)F)n2)cc1. The van der Waals surface area contributed by atoms with Crippen LogP contribution in [0.2, 0.25) is 0 Å². The maximum absolute atomic E-state index is 13.4. The van der Waals surface area contributed by atoms with Crippen molar-refractivity contribution in [3.05, 3.63) is 132 Å². The highest BCUT2D eigenvalue weighted by molar-refractivity contribution is 5.79. The monoisotopic (exact) mass is 804 g/mol. The molecule has 17 nitrogen and oxygen atoms in total. The highest BCUT2D eigenvalue weighted by Crippen LogP contribution is 2.37. The highest BCUT2D eigenvalue weighted by atomic mass is 19.4. The van der Waals surface area contributed by atoms with Crippen LogP contribution in [0, 0.1) is 0 Å². The van der Waals surface area contributed by atoms with Crippen molar-refractivity contribution in [3.8, 4) is 23.3 Å². The number of carbonyl (C=O) groups is 1.